The minimum atomic E-state index is 0.900. The van der Waals surface area contributed by atoms with E-state index in [1.807, 2.05) is 17.4 Å². The summed E-state index contributed by atoms with van der Waals surface area (Å²) in [6.45, 7) is 0. The predicted octanol–water partition coefficient (Wildman–Crippen LogP) is 15.6. The normalized spacial score (nSPS) is 11.6. The van der Waals surface area contributed by atoms with Crippen molar-refractivity contribution in [2.45, 2.75) is 0 Å². The summed E-state index contributed by atoms with van der Waals surface area (Å²) in [5.41, 5.74) is 12.0. The van der Waals surface area contributed by atoms with Crippen molar-refractivity contribution < 1.29 is 4.42 Å². The number of anilines is 3. The average molecular weight is 720 g/mol. The van der Waals surface area contributed by atoms with E-state index in [2.05, 4.69) is 199 Å². The van der Waals surface area contributed by atoms with Crippen molar-refractivity contribution in [1.82, 2.24) is 0 Å². The van der Waals surface area contributed by atoms with Gasteiger partial charge in [-0.05, 0) is 75.5 Å². The Morgan fingerprint density at radius 3 is 1.95 bits per heavy atom. The van der Waals surface area contributed by atoms with Gasteiger partial charge in [-0.3, -0.25) is 0 Å². The zero-order chi connectivity index (χ0) is 36.3. The Morgan fingerprint density at radius 2 is 1.02 bits per heavy atom. The van der Waals surface area contributed by atoms with Crippen LogP contribution in [0.15, 0.2) is 205 Å². The van der Waals surface area contributed by atoms with Gasteiger partial charge in [-0.2, -0.15) is 0 Å². The van der Waals surface area contributed by atoms with Crippen molar-refractivity contribution in [2.75, 3.05) is 4.90 Å². The molecule has 2 aromatic heterocycles. The van der Waals surface area contributed by atoms with Crippen LogP contribution >= 0.6 is 11.3 Å². The minimum Gasteiger partial charge on any atom is -0.455 e. The molecule has 0 spiro atoms. The van der Waals surface area contributed by atoms with Crippen LogP contribution in [0.4, 0.5) is 17.1 Å². The van der Waals surface area contributed by atoms with Crippen molar-refractivity contribution in [1.29, 1.82) is 0 Å². The number of hydrogen-bond donors (Lipinski definition) is 0. The number of hydrogen-bond acceptors (Lipinski definition) is 3. The summed E-state index contributed by atoms with van der Waals surface area (Å²) in [4.78, 5) is 2.45. The largest absolute Gasteiger partial charge is 0.455 e. The minimum absolute atomic E-state index is 0.900. The number of nitrogens with zero attached hydrogens (tertiary/aromatic N) is 1. The fourth-order valence-electron chi connectivity index (χ4n) is 8.29. The Labute approximate surface area is 322 Å². The number of thiophene rings is 1. The molecule has 55 heavy (non-hydrogen) atoms. The predicted molar refractivity (Wildman–Crippen MR) is 235 cm³/mol. The molecule has 0 saturated heterocycles. The molecule has 0 N–H and O–H groups in total. The highest BCUT2D eigenvalue weighted by Gasteiger charge is 2.21. The van der Waals surface area contributed by atoms with Gasteiger partial charge in [0.2, 0.25) is 0 Å². The summed E-state index contributed by atoms with van der Waals surface area (Å²) in [6, 6.07) is 72.3. The van der Waals surface area contributed by atoms with Crippen molar-refractivity contribution in [3.05, 3.63) is 200 Å². The molecule has 0 aliphatic heterocycles. The zero-order valence-corrected chi connectivity index (χ0v) is 30.6. The number of rotatable bonds is 6. The van der Waals surface area contributed by atoms with Gasteiger partial charge in [-0.1, -0.05) is 158 Å². The highest BCUT2D eigenvalue weighted by Crippen LogP contribution is 2.47. The van der Waals surface area contributed by atoms with Gasteiger partial charge in [0.25, 0.3) is 0 Å². The lowest BCUT2D eigenvalue weighted by Gasteiger charge is -2.29. The van der Waals surface area contributed by atoms with Crippen LogP contribution in [0.2, 0.25) is 0 Å². The van der Waals surface area contributed by atoms with Crippen LogP contribution in [0.25, 0.3) is 86.3 Å². The lowest BCUT2D eigenvalue weighted by Crippen LogP contribution is -2.11. The smallest absolute Gasteiger partial charge is 0.143 e. The lowest BCUT2D eigenvalue weighted by molar-refractivity contribution is 0.670. The average Bonchev–Trinajstić information content (AvgIpc) is 3.82. The van der Waals surface area contributed by atoms with Gasteiger partial charge in [0.1, 0.15) is 11.2 Å². The maximum absolute atomic E-state index is 6.55. The zero-order valence-electron chi connectivity index (χ0n) is 29.8. The third kappa shape index (κ3) is 5.32. The van der Waals surface area contributed by atoms with Gasteiger partial charge in [0.15, 0.2) is 0 Å². The quantitative estimate of drug-likeness (QED) is 0.170. The van der Waals surface area contributed by atoms with E-state index in [1.165, 1.54) is 42.1 Å². The Kier molecular flexibility index (Phi) is 7.39. The van der Waals surface area contributed by atoms with Crippen LogP contribution in [0.1, 0.15) is 0 Å². The summed E-state index contributed by atoms with van der Waals surface area (Å²) < 4.78 is 9.11. The molecule has 3 heteroatoms. The third-order valence-corrected chi connectivity index (χ3v) is 12.0. The van der Waals surface area contributed by atoms with Gasteiger partial charge in [0, 0.05) is 53.4 Å². The van der Waals surface area contributed by atoms with Crippen LogP contribution in [-0.4, -0.2) is 0 Å². The second-order valence-corrected chi connectivity index (χ2v) is 15.2. The molecule has 11 rings (SSSR count). The summed E-state index contributed by atoms with van der Waals surface area (Å²) in [5.74, 6) is 0. The Balaban J connectivity index is 1.18. The van der Waals surface area contributed by atoms with Crippen LogP contribution in [0.3, 0.4) is 0 Å². The van der Waals surface area contributed by atoms with Gasteiger partial charge < -0.3 is 9.32 Å². The lowest BCUT2D eigenvalue weighted by atomic mass is 9.94. The second kappa shape index (κ2) is 12.9. The molecule has 0 aliphatic rings. The van der Waals surface area contributed by atoms with Gasteiger partial charge in [-0.25, -0.2) is 0 Å². The van der Waals surface area contributed by atoms with Crippen LogP contribution in [0, 0.1) is 0 Å². The SMILES string of the molecule is c1ccc(-c2ccc(-c3cccc4ccccc34)cc2N(c2cccc(-c3cccc4c3oc3ccccc34)c2)c2ccc3c(c2)sc2ccccc23)cc1. The van der Waals surface area contributed by atoms with Gasteiger partial charge in [-0.15, -0.1) is 11.3 Å². The molecule has 2 heterocycles. The molecule has 258 valence electrons. The van der Waals surface area contributed by atoms with E-state index in [0.29, 0.717) is 0 Å². The molecule has 0 amide bonds. The first-order valence-electron chi connectivity index (χ1n) is 18.7. The van der Waals surface area contributed by atoms with E-state index in [-0.39, 0.29) is 0 Å². The van der Waals surface area contributed by atoms with E-state index in [4.69, 9.17) is 4.42 Å². The fourth-order valence-corrected chi connectivity index (χ4v) is 9.43. The van der Waals surface area contributed by atoms with E-state index >= 15 is 0 Å². The summed E-state index contributed by atoms with van der Waals surface area (Å²) in [7, 11) is 0. The van der Waals surface area contributed by atoms with E-state index in [0.717, 1.165) is 61.3 Å². The van der Waals surface area contributed by atoms with E-state index < -0.39 is 0 Å². The number of fused-ring (bicyclic) bond motifs is 7. The molecular weight excluding hydrogens is 687 g/mol. The van der Waals surface area contributed by atoms with Crippen LogP contribution < -0.4 is 4.90 Å². The molecule has 0 bridgehead atoms. The van der Waals surface area contributed by atoms with Crippen molar-refractivity contribution in [3.63, 3.8) is 0 Å². The molecule has 0 radical (unpaired) electrons. The highest BCUT2D eigenvalue weighted by atomic mass is 32.1. The fraction of sp³-hybridized carbons (Fsp3) is 0. The van der Waals surface area contributed by atoms with Crippen molar-refractivity contribution >= 4 is 81.3 Å². The molecule has 0 fully saturated rings. The van der Waals surface area contributed by atoms with Crippen molar-refractivity contribution in [3.8, 4) is 33.4 Å². The van der Waals surface area contributed by atoms with Crippen LogP contribution in [-0.2, 0) is 0 Å². The molecule has 2 nitrogen and oxygen atoms in total. The number of benzene rings is 9. The van der Waals surface area contributed by atoms with Gasteiger partial charge in [0.05, 0.1) is 5.69 Å². The topological polar surface area (TPSA) is 16.4 Å². The second-order valence-electron chi connectivity index (χ2n) is 14.1. The van der Waals surface area contributed by atoms with E-state index in [9.17, 15) is 0 Å². The maximum Gasteiger partial charge on any atom is 0.143 e. The summed E-state index contributed by atoms with van der Waals surface area (Å²) in [5, 5.41) is 7.30. The first-order chi connectivity index (χ1) is 27.3. The molecule has 0 atom stereocenters. The molecule has 9 aromatic carbocycles. The number of furan rings is 1. The molecule has 11 aromatic rings. The van der Waals surface area contributed by atoms with E-state index in [1.54, 1.807) is 0 Å². The summed E-state index contributed by atoms with van der Waals surface area (Å²) in [6.07, 6.45) is 0. The molecule has 0 unspecified atom stereocenters. The molecule has 0 saturated carbocycles. The Hall–Kier alpha value is -6.94. The standard InChI is InChI=1S/C52H33NOS/c1-2-13-35(14-3-1)42-29-27-37(41-22-11-16-34-15-4-5-19-40(34)41)32-48(42)53(39-28-30-46-45-21-7-9-26-50(45)55-51(46)33-39)38-18-10-17-36(31-38)43-23-12-24-47-44-20-6-8-25-49(44)54-52(43)47/h1-33H. The molecular formula is C52H33NOS. The van der Waals surface area contributed by atoms with Gasteiger partial charge >= 0.3 is 0 Å². The summed E-state index contributed by atoms with van der Waals surface area (Å²) >= 11 is 1.85. The Bertz CT molecular complexity index is 3220. The number of para-hydroxylation sites is 2. The monoisotopic (exact) mass is 719 g/mol. The van der Waals surface area contributed by atoms with Crippen LogP contribution in [0.5, 0.6) is 0 Å². The Morgan fingerprint density at radius 1 is 0.364 bits per heavy atom. The first kappa shape index (κ1) is 31.6. The first-order valence-corrected chi connectivity index (χ1v) is 19.5. The maximum atomic E-state index is 6.55. The third-order valence-electron chi connectivity index (χ3n) is 10.9. The van der Waals surface area contributed by atoms with Crippen molar-refractivity contribution in [2.24, 2.45) is 0 Å². The highest BCUT2D eigenvalue weighted by molar-refractivity contribution is 7.25. The molecule has 0 aliphatic carbocycles.